The Kier molecular flexibility index (Phi) is 7.93. The maximum absolute atomic E-state index is 8.44. The van der Waals surface area contributed by atoms with Crippen LogP contribution in [0.15, 0.2) is 12.4 Å². The molecule has 0 aliphatic rings. The summed E-state index contributed by atoms with van der Waals surface area (Å²) in [4.78, 5) is 11.7. The summed E-state index contributed by atoms with van der Waals surface area (Å²) in [5, 5.41) is 15.3. The third kappa shape index (κ3) is 7.84. The van der Waals surface area contributed by atoms with Crippen molar-refractivity contribution in [3.63, 3.8) is 0 Å². The molecule has 0 saturated carbocycles. The van der Waals surface area contributed by atoms with Crippen LogP contribution < -0.4 is 9.67 Å². The number of H-pyrrole nitrogens is 1. The van der Waals surface area contributed by atoms with Gasteiger partial charge in [-0.05, 0) is 6.42 Å². The number of nitrogens with one attached hydrogen (secondary N) is 1. The highest BCUT2D eigenvalue weighted by atomic mass is 16.6. The number of aryl methyl sites for hydroxylation is 2. The van der Waals surface area contributed by atoms with Gasteiger partial charge in [0, 0.05) is 6.42 Å². The molecule has 0 aliphatic heterocycles. The molecule has 0 amide bonds. The molecule has 0 radical (unpaired) electrons. The highest BCUT2D eigenvalue weighted by Crippen LogP contribution is 2.02. The average molecular weight is 228 g/mol. The van der Waals surface area contributed by atoms with E-state index in [1.807, 2.05) is 6.20 Å². The number of hydrogen-bond donors (Lipinski definition) is 2. The standard InChI is InChI=1S/C10H18N2.CH2O3/c1-3-4-5-6-7-10-11-8-9-12(10)2;2-1(3)4/h8-9H,3-7H2,1-2H3;(H2,2,3,4). The fourth-order valence-electron chi connectivity index (χ4n) is 1.40. The van der Waals surface area contributed by atoms with Crippen molar-refractivity contribution in [1.29, 1.82) is 0 Å². The number of nitrogens with zero attached hydrogens (tertiary/aromatic N) is 1. The SMILES string of the molecule is CCCCCCc1[nH]cc[n+]1C.O=C([O-])O. The average Bonchev–Trinajstić information content (AvgIpc) is 2.58. The summed E-state index contributed by atoms with van der Waals surface area (Å²) in [6.07, 6.45) is 8.51. The Bertz CT molecular complexity index is 293. The number of unbranched alkanes of at least 4 members (excludes halogenated alkanes) is 3. The Morgan fingerprint density at radius 1 is 1.50 bits per heavy atom. The van der Waals surface area contributed by atoms with E-state index in [9.17, 15) is 0 Å². The van der Waals surface area contributed by atoms with Crippen LogP contribution in [-0.4, -0.2) is 16.2 Å². The minimum absolute atomic E-state index is 1.18. The molecule has 0 fully saturated rings. The Labute approximate surface area is 95.7 Å². The summed E-state index contributed by atoms with van der Waals surface area (Å²) in [5.74, 6) is 1.34. The van der Waals surface area contributed by atoms with E-state index in [-0.39, 0.29) is 0 Å². The molecular weight excluding hydrogens is 208 g/mol. The second kappa shape index (κ2) is 8.76. The monoisotopic (exact) mass is 228 g/mol. The van der Waals surface area contributed by atoms with Gasteiger partial charge in [0.2, 0.25) is 6.16 Å². The first kappa shape index (κ1) is 14.5. The van der Waals surface area contributed by atoms with Gasteiger partial charge in [-0.1, -0.05) is 26.2 Å². The van der Waals surface area contributed by atoms with Crippen molar-refractivity contribution in [2.24, 2.45) is 7.05 Å². The predicted octanol–water partition coefficient (Wildman–Crippen LogP) is 0.850. The van der Waals surface area contributed by atoms with Crippen molar-refractivity contribution < 1.29 is 19.6 Å². The lowest BCUT2D eigenvalue weighted by Crippen LogP contribution is -2.30. The van der Waals surface area contributed by atoms with Gasteiger partial charge in [-0.25, -0.2) is 9.55 Å². The molecule has 5 heteroatoms. The van der Waals surface area contributed by atoms with Crippen molar-refractivity contribution in [2.75, 3.05) is 0 Å². The molecule has 0 atom stereocenters. The van der Waals surface area contributed by atoms with Crippen LogP contribution in [0.3, 0.4) is 0 Å². The van der Waals surface area contributed by atoms with E-state index in [0.717, 1.165) is 0 Å². The highest BCUT2D eigenvalue weighted by Gasteiger charge is 2.04. The Hall–Kier alpha value is -1.52. The lowest BCUT2D eigenvalue weighted by molar-refractivity contribution is -0.677. The molecule has 2 N–H and O–H groups in total. The maximum Gasteiger partial charge on any atom is 0.253 e. The molecule has 16 heavy (non-hydrogen) atoms. The van der Waals surface area contributed by atoms with Gasteiger partial charge < -0.3 is 15.0 Å². The molecule has 1 aromatic heterocycles. The topological polar surface area (TPSA) is 80.0 Å². The van der Waals surface area contributed by atoms with Crippen molar-refractivity contribution >= 4 is 6.16 Å². The molecule has 1 heterocycles. The van der Waals surface area contributed by atoms with Crippen LogP contribution in [0.1, 0.15) is 38.4 Å². The van der Waals surface area contributed by atoms with E-state index in [1.165, 1.54) is 37.9 Å². The van der Waals surface area contributed by atoms with Gasteiger partial charge in [0.1, 0.15) is 12.4 Å². The number of hydrogen-bond acceptors (Lipinski definition) is 2. The normalized spacial score (nSPS) is 9.38. The zero-order valence-corrected chi connectivity index (χ0v) is 9.90. The minimum Gasteiger partial charge on any atom is -0.565 e. The van der Waals surface area contributed by atoms with Crippen LogP contribution in [0.2, 0.25) is 0 Å². The molecule has 1 aromatic rings. The van der Waals surface area contributed by atoms with Crippen molar-refractivity contribution in [3.05, 3.63) is 18.2 Å². The summed E-state index contributed by atoms with van der Waals surface area (Å²) in [6, 6.07) is 0. The number of rotatable bonds is 5. The Morgan fingerprint density at radius 2 is 2.12 bits per heavy atom. The van der Waals surface area contributed by atoms with E-state index >= 15 is 0 Å². The molecule has 0 spiro atoms. The number of aromatic amines is 1. The van der Waals surface area contributed by atoms with Gasteiger partial charge in [-0.2, -0.15) is 0 Å². The molecule has 5 nitrogen and oxygen atoms in total. The first-order valence-corrected chi connectivity index (χ1v) is 5.49. The molecule has 0 aliphatic carbocycles. The summed E-state index contributed by atoms with van der Waals surface area (Å²) < 4.78 is 2.16. The van der Waals surface area contributed by atoms with Gasteiger partial charge in [0.05, 0.1) is 7.05 Å². The van der Waals surface area contributed by atoms with E-state index in [0.29, 0.717) is 0 Å². The zero-order valence-electron chi connectivity index (χ0n) is 9.90. The minimum atomic E-state index is -2.08. The first-order valence-electron chi connectivity index (χ1n) is 5.49. The second-order valence-corrected chi connectivity index (χ2v) is 3.59. The maximum atomic E-state index is 8.44. The van der Waals surface area contributed by atoms with Crippen LogP contribution in [-0.2, 0) is 13.5 Å². The molecular formula is C11H20N2O3. The van der Waals surface area contributed by atoms with Gasteiger partial charge in [0.25, 0.3) is 5.82 Å². The van der Waals surface area contributed by atoms with Gasteiger partial charge >= 0.3 is 0 Å². The van der Waals surface area contributed by atoms with E-state index in [1.54, 1.807) is 0 Å². The van der Waals surface area contributed by atoms with Crippen LogP contribution in [0.5, 0.6) is 0 Å². The molecule has 92 valence electrons. The summed E-state index contributed by atoms with van der Waals surface area (Å²) in [6.45, 7) is 2.24. The number of imidazole rings is 1. The third-order valence-corrected chi connectivity index (χ3v) is 2.24. The smallest absolute Gasteiger partial charge is 0.253 e. The van der Waals surface area contributed by atoms with Crippen LogP contribution in [0, 0.1) is 0 Å². The highest BCUT2D eigenvalue weighted by molar-refractivity contribution is 5.50. The zero-order chi connectivity index (χ0) is 12.4. The van der Waals surface area contributed by atoms with Crippen molar-refractivity contribution in [3.8, 4) is 0 Å². The third-order valence-electron chi connectivity index (χ3n) is 2.24. The van der Waals surface area contributed by atoms with Gasteiger partial charge in [-0.3, -0.25) is 0 Å². The van der Waals surface area contributed by atoms with Gasteiger partial charge in [-0.15, -0.1) is 0 Å². The van der Waals surface area contributed by atoms with E-state index in [4.69, 9.17) is 15.0 Å². The molecule has 0 saturated heterocycles. The number of carboxylic acid groups (broad SMARTS) is 2. The number of aromatic nitrogens is 2. The van der Waals surface area contributed by atoms with E-state index < -0.39 is 6.16 Å². The van der Waals surface area contributed by atoms with Crippen LogP contribution in [0.25, 0.3) is 0 Å². The largest absolute Gasteiger partial charge is 0.565 e. The summed E-state index contributed by atoms with van der Waals surface area (Å²) in [7, 11) is 2.09. The first-order chi connectivity index (χ1) is 7.57. The lowest BCUT2D eigenvalue weighted by atomic mass is 10.1. The van der Waals surface area contributed by atoms with E-state index in [2.05, 4.69) is 29.7 Å². The molecule has 0 bridgehead atoms. The fraction of sp³-hybridized carbons (Fsp3) is 0.636. The Morgan fingerprint density at radius 3 is 2.56 bits per heavy atom. The Balaban J connectivity index is 0.000000487. The van der Waals surface area contributed by atoms with Crippen LogP contribution in [0.4, 0.5) is 4.79 Å². The molecule has 0 unspecified atom stereocenters. The summed E-state index contributed by atoms with van der Waals surface area (Å²) >= 11 is 0. The van der Waals surface area contributed by atoms with Gasteiger partial charge in [0.15, 0.2) is 0 Å². The van der Waals surface area contributed by atoms with Crippen molar-refractivity contribution in [2.45, 2.75) is 39.0 Å². The quantitative estimate of drug-likeness (QED) is 0.579. The number of carbonyl (C=O) groups is 1. The molecule has 0 aromatic carbocycles. The predicted molar refractivity (Wildman–Crippen MR) is 57.8 cm³/mol. The fourth-order valence-corrected chi connectivity index (χ4v) is 1.40. The van der Waals surface area contributed by atoms with Crippen molar-refractivity contribution in [1.82, 2.24) is 4.98 Å². The lowest BCUT2D eigenvalue weighted by Gasteiger charge is -1.95. The second-order valence-electron chi connectivity index (χ2n) is 3.59. The molecule has 1 rings (SSSR count). The summed E-state index contributed by atoms with van der Waals surface area (Å²) in [5.41, 5.74) is 0. The van der Waals surface area contributed by atoms with Crippen LogP contribution >= 0.6 is 0 Å².